The molecule has 0 bridgehead atoms. The highest BCUT2D eigenvalue weighted by molar-refractivity contribution is 7.89. The first-order chi connectivity index (χ1) is 11.9. The van der Waals surface area contributed by atoms with Crippen molar-refractivity contribution in [1.29, 1.82) is 5.26 Å². The molecule has 2 aromatic carbocycles. The van der Waals surface area contributed by atoms with Crippen molar-refractivity contribution in [2.24, 2.45) is 0 Å². The molecule has 0 spiro atoms. The second-order valence-electron chi connectivity index (χ2n) is 6.06. The van der Waals surface area contributed by atoms with E-state index in [2.05, 4.69) is 4.90 Å². The van der Waals surface area contributed by atoms with Gasteiger partial charge in [0, 0.05) is 24.7 Å². The lowest BCUT2D eigenvalue weighted by Crippen LogP contribution is -2.49. The summed E-state index contributed by atoms with van der Waals surface area (Å²) in [5, 5.41) is 9.61. The van der Waals surface area contributed by atoms with Crippen LogP contribution in [-0.2, 0) is 10.0 Å². The zero-order chi connectivity index (χ0) is 18.0. The fraction of sp³-hybridized carbons (Fsp3) is 0.278. The number of sulfonamides is 1. The van der Waals surface area contributed by atoms with E-state index in [4.69, 9.17) is 11.6 Å². The number of benzene rings is 2. The Balaban J connectivity index is 2.09. The molecule has 1 aliphatic heterocycles. The number of likely N-dealkylation sites (N-methyl/N-ethyl adjacent to an activating group) is 1. The lowest BCUT2D eigenvalue weighted by atomic mass is 10.1. The van der Waals surface area contributed by atoms with Gasteiger partial charge in [-0.25, -0.2) is 8.42 Å². The third-order valence-electron chi connectivity index (χ3n) is 4.37. The van der Waals surface area contributed by atoms with Gasteiger partial charge in [0.05, 0.1) is 11.6 Å². The highest BCUT2D eigenvalue weighted by atomic mass is 35.5. The summed E-state index contributed by atoms with van der Waals surface area (Å²) in [7, 11) is -1.88. The van der Waals surface area contributed by atoms with E-state index < -0.39 is 10.0 Å². The molecule has 7 heteroatoms. The van der Waals surface area contributed by atoms with Crippen LogP contribution in [0.2, 0.25) is 5.02 Å². The van der Waals surface area contributed by atoms with Crippen molar-refractivity contribution >= 4 is 21.6 Å². The van der Waals surface area contributed by atoms with Crippen LogP contribution in [0.3, 0.4) is 0 Å². The molecule has 0 amide bonds. The molecule has 130 valence electrons. The lowest BCUT2D eigenvalue weighted by Gasteiger charge is -2.39. The maximum atomic E-state index is 13.3. The maximum Gasteiger partial charge on any atom is 0.245 e. The first-order valence-electron chi connectivity index (χ1n) is 7.88. The van der Waals surface area contributed by atoms with E-state index >= 15 is 0 Å². The van der Waals surface area contributed by atoms with Gasteiger partial charge in [-0.1, -0.05) is 41.9 Å². The highest BCUT2D eigenvalue weighted by Crippen LogP contribution is 2.32. The number of hydrogen-bond donors (Lipinski definition) is 0. The topological polar surface area (TPSA) is 64.4 Å². The molecule has 1 heterocycles. The van der Waals surface area contributed by atoms with Gasteiger partial charge >= 0.3 is 0 Å². The van der Waals surface area contributed by atoms with Crippen molar-refractivity contribution in [2.45, 2.75) is 10.9 Å². The minimum Gasteiger partial charge on any atom is -0.303 e. The third kappa shape index (κ3) is 3.55. The quantitative estimate of drug-likeness (QED) is 0.827. The minimum atomic E-state index is -3.85. The Morgan fingerprint density at radius 1 is 1.16 bits per heavy atom. The molecule has 1 unspecified atom stereocenters. The smallest absolute Gasteiger partial charge is 0.245 e. The van der Waals surface area contributed by atoms with Crippen molar-refractivity contribution in [2.75, 3.05) is 26.7 Å². The van der Waals surface area contributed by atoms with Crippen molar-refractivity contribution in [1.82, 2.24) is 9.21 Å². The first-order valence-corrected chi connectivity index (χ1v) is 9.70. The average Bonchev–Trinajstić information content (AvgIpc) is 2.62. The summed E-state index contributed by atoms with van der Waals surface area (Å²) in [6, 6.07) is 15.5. The number of nitriles is 1. The molecule has 1 atom stereocenters. The van der Waals surface area contributed by atoms with E-state index in [1.165, 1.54) is 22.5 Å². The molecule has 25 heavy (non-hydrogen) atoms. The van der Waals surface area contributed by atoms with Crippen molar-refractivity contribution in [3.63, 3.8) is 0 Å². The van der Waals surface area contributed by atoms with Crippen molar-refractivity contribution in [3.8, 4) is 6.07 Å². The molecule has 0 saturated carbocycles. The van der Waals surface area contributed by atoms with Crippen LogP contribution in [0.4, 0.5) is 0 Å². The number of hydrogen-bond acceptors (Lipinski definition) is 4. The zero-order valence-electron chi connectivity index (χ0n) is 13.8. The number of nitrogens with zero attached hydrogens (tertiary/aromatic N) is 3. The summed E-state index contributed by atoms with van der Waals surface area (Å²) >= 11 is 5.99. The Bertz CT molecular complexity index is 910. The second kappa shape index (κ2) is 7.14. The van der Waals surface area contributed by atoms with Crippen LogP contribution in [0.15, 0.2) is 53.4 Å². The van der Waals surface area contributed by atoms with Gasteiger partial charge in [0.15, 0.2) is 0 Å². The Labute approximate surface area is 153 Å². The molecule has 3 rings (SSSR count). The van der Waals surface area contributed by atoms with Crippen LogP contribution in [0.25, 0.3) is 0 Å². The largest absolute Gasteiger partial charge is 0.303 e. The van der Waals surface area contributed by atoms with Crippen LogP contribution in [0.5, 0.6) is 0 Å². The molecule has 1 saturated heterocycles. The Morgan fingerprint density at radius 3 is 2.56 bits per heavy atom. The number of halogens is 1. The van der Waals surface area contributed by atoms with Crippen molar-refractivity contribution in [3.05, 3.63) is 64.7 Å². The SMILES string of the molecule is CN1CCN(S(=O)(=O)c2cc(Cl)ccc2C#N)C(c2ccccc2)C1. The molecule has 0 N–H and O–H groups in total. The third-order valence-corrected chi connectivity index (χ3v) is 6.55. The molecule has 0 aromatic heterocycles. The monoisotopic (exact) mass is 375 g/mol. The predicted octanol–water partition coefficient (Wildman–Crippen LogP) is 2.89. The molecule has 1 fully saturated rings. The highest BCUT2D eigenvalue weighted by Gasteiger charge is 2.37. The van der Waals surface area contributed by atoms with Crippen LogP contribution >= 0.6 is 11.6 Å². The van der Waals surface area contributed by atoms with Gasteiger partial charge in [0.2, 0.25) is 10.0 Å². The Kier molecular flexibility index (Phi) is 5.11. The summed E-state index contributed by atoms with van der Waals surface area (Å²) in [5.41, 5.74) is 1.04. The molecular weight excluding hydrogens is 358 g/mol. The number of rotatable bonds is 3. The van der Waals surface area contributed by atoms with Gasteiger partial charge in [-0.2, -0.15) is 9.57 Å². The van der Waals surface area contributed by atoms with E-state index in [-0.39, 0.29) is 16.5 Å². The fourth-order valence-corrected chi connectivity index (χ4v) is 5.07. The lowest BCUT2D eigenvalue weighted by molar-refractivity contribution is 0.160. The van der Waals surface area contributed by atoms with E-state index in [0.717, 1.165) is 5.56 Å². The molecule has 0 aliphatic carbocycles. The van der Waals surface area contributed by atoms with Crippen LogP contribution in [0.1, 0.15) is 17.2 Å². The van der Waals surface area contributed by atoms with Gasteiger partial charge in [0.1, 0.15) is 11.0 Å². The normalized spacial score (nSPS) is 19.5. The molecule has 1 aliphatic rings. The van der Waals surface area contributed by atoms with E-state index in [9.17, 15) is 13.7 Å². The molecular formula is C18H18ClN3O2S. The zero-order valence-corrected chi connectivity index (χ0v) is 15.3. The molecule has 2 aromatic rings. The van der Waals surface area contributed by atoms with Gasteiger partial charge in [0.25, 0.3) is 0 Å². The standard InChI is InChI=1S/C18H18ClN3O2S/c1-21-9-10-22(17(13-21)14-5-3-2-4-6-14)25(23,24)18-11-16(19)8-7-15(18)12-20/h2-8,11,17H,9-10,13H2,1H3. The minimum absolute atomic E-state index is 0.0343. The predicted molar refractivity (Wildman–Crippen MR) is 96.7 cm³/mol. The summed E-state index contributed by atoms with van der Waals surface area (Å²) in [5.74, 6) is 0. The Morgan fingerprint density at radius 2 is 1.88 bits per heavy atom. The summed E-state index contributed by atoms with van der Waals surface area (Å²) in [6.07, 6.45) is 0. The first kappa shape index (κ1) is 17.9. The van der Waals surface area contributed by atoms with Gasteiger partial charge < -0.3 is 4.90 Å². The van der Waals surface area contributed by atoms with E-state index in [1.807, 2.05) is 43.4 Å². The van der Waals surface area contributed by atoms with Crippen molar-refractivity contribution < 1.29 is 8.42 Å². The van der Waals surface area contributed by atoms with E-state index in [0.29, 0.717) is 24.7 Å². The molecule has 0 radical (unpaired) electrons. The summed E-state index contributed by atoms with van der Waals surface area (Å²) in [6.45, 7) is 1.58. The maximum absolute atomic E-state index is 13.3. The summed E-state index contributed by atoms with van der Waals surface area (Å²) < 4.78 is 28.1. The Hall–Kier alpha value is -1.91. The summed E-state index contributed by atoms with van der Waals surface area (Å²) in [4.78, 5) is 2.07. The van der Waals surface area contributed by atoms with Crippen LogP contribution < -0.4 is 0 Å². The second-order valence-corrected chi connectivity index (χ2v) is 8.35. The van der Waals surface area contributed by atoms with Crippen LogP contribution in [-0.4, -0.2) is 44.3 Å². The number of piperazine rings is 1. The molecule has 5 nitrogen and oxygen atoms in total. The fourth-order valence-electron chi connectivity index (χ4n) is 3.07. The average molecular weight is 376 g/mol. The van der Waals surface area contributed by atoms with Gasteiger partial charge in [-0.05, 0) is 30.8 Å². The van der Waals surface area contributed by atoms with E-state index in [1.54, 1.807) is 0 Å². The van der Waals surface area contributed by atoms with Crippen LogP contribution in [0, 0.1) is 11.3 Å². The van der Waals surface area contributed by atoms with Gasteiger partial charge in [-0.15, -0.1) is 0 Å². The van der Waals surface area contributed by atoms with Gasteiger partial charge in [-0.3, -0.25) is 0 Å².